The van der Waals surface area contributed by atoms with E-state index in [9.17, 15) is 10.1 Å². The summed E-state index contributed by atoms with van der Waals surface area (Å²) in [5.41, 5.74) is 0. The SMILES string of the molecule is O=[N+]([O-])C(Br)(CO)C(O)Br. The lowest BCUT2D eigenvalue weighted by molar-refractivity contribution is -0.544. The lowest BCUT2D eigenvalue weighted by atomic mass is 10.3. The van der Waals surface area contributed by atoms with Gasteiger partial charge >= 0.3 is 4.45 Å². The zero-order valence-corrected chi connectivity index (χ0v) is 7.87. The smallest absolute Gasteiger partial charge is 0.332 e. The predicted molar refractivity (Wildman–Crippen MR) is 40.7 cm³/mol. The number of nitrogens with zero attached hydrogens (tertiary/aromatic N) is 1. The largest absolute Gasteiger partial charge is 0.388 e. The van der Waals surface area contributed by atoms with Crippen LogP contribution in [-0.4, -0.2) is 31.2 Å². The third-order valence-electron chi connectivity index (χ3n) is 0.890. The van der Waals surface area contributed by atoms with E-state index >= 15 is 0 Å². The van der Waals surface area contributed by atoms with Gasteiger partial charge in [-0.2, -0.15) is 0 Å². The van der Waals surface area contributed by atoms with Gasteiger partial charge in [0.15, 0.2) is 5.01 Å². The summed E-state index contributed by atoms with van der Waals surface area (Å²) < 4.78 is -1.90. The molecular formula is C3H5Br2NO4. The van der Waals surface area contributed by atoms with Crippen molar-refractivity contribution in [2.75, 3.05) is 6.61 Å². The van der Waals surface area contributed by atoms with Crippen LogP contribution < -0.4 is 0 Å². The Balaban J connectivity index is 4.38. The summed E-state index contributed by atoms with van der Waals surface area (Å²) >= 11 is 5.13. The summed E-state index contributed by atoms with van der Waals surface area (Å²) in [6.45, 7) is -0.785. The van der Waals surface area contributed by atoms with Crippen molar-refractivity contribution < 1.29 is 15.1 Å². The maximum Gasteiger partial charge on any atom is 0.332 e. The predicted octanol–water partition coefficient (Wildman–Crippen LogP) is 0.0599. The Bertz CT molecular complexity index is 140. The van der Waals surface area contributed by atoms with Gasteiger partial charge in [-0.15, -0.1) is 0 Å². The minimum atomic E-state index is -1.90. The molecular weight excluding hydrogens is 274 g/mol. The van der Waals surface area contributed by atoms with Gasteiger partial charge in [-0.1, -0.05) is 0 Å². The van der Waals surface area contributed by atoms with Crippen LogP contribution >= 0.6 is 31.9 Å². The van der Waals surface area contributed by atoms with E-state index in [2.05, 4.69) is 31.9 Å². The molecule has 0 aliphatic rings. The molecule has 0 bridgehead atoms. The van der Waals surface area contributed by atoms with Gasteiger partial charge in [-0.05, 0) is 15.9 Å². The first-order valence-electron chi connectivity index (χ1n) is 2.21. The molecule has 0 saturated heterocycles. The van der Waals surface area contributed by atoms with Gasteiger partial charge in [0.25, 0.3) is 0 Å². The number of halogens is 2. The molecule has 10 heavy (non-hydrogen) atoms. The van der Waals surface area contributed by atoms with Crippen molar-refractivity contribution in [2.24, 2.45) is 0 Å². The maximum atomic E-state index is 10.1. The van der Waals surface area contributed by atoms with E-state index < -0.39 is 21.0 Å². The summed E-state index contributed by atoms with van der Waals surface area (Å²) in [5, 5.41) is 25.8. The van der Waals surface area contributed by atoms with Crippen molar-refractivity contribution in [3.8, 4) is 0 Å². The van der Waals surface area contributed by atoms with Gasteiger partial charge < -0.3 is 10.2 Å². The number of hydrogen-bond donors (Lipinski definition) is 2. The van der Waals surface area contributed by atoms with Crippen molar-refractivity contribution in [3.05, 3.63) is 10.1 Å². The van der Waals surface area contributed by atoms with E-state index in [0.717, 1.165) is 0 Å². The standard InChI is InChI=1S/C3H5Br2NO4/c4-2(8)3(5,1-7)6(9)10/h2,7-8H,1H2. The Labute approximate surface area is 73.4 Å². The van der Waals surface area contributed by atoms with E-state index in [-0.39, 0.29) is 0 Å². The van der Waals surface area contributed by atoms with E-state index in [1.165, 1.54) is 0 Å². The number of alkyl halides is 2. The van der Waals surface area contributed by atoms with Crippen LogP contribution in [0.5, 0.6) is 0 Å². The summed E-state index contributed by atoms with van der Waals surface area (Å²) in [6, 6.07) is 0. The highest BCUT2D eigenvalue weighted by Gasteiger charge is 2.46. The number of aliphatic hydroxyl groups is 2. The van der Waals surface area contributed by atoms with Crippen LogP contribution in [0.3, 0.4) is 0 Å². The summed E-state index contributed by atoms with van der Waals surface area (Å²) in [5.74, 6) is 0. The van der Waals surface area contributed by atoms with Gasteiger partial charge in [0, 0.05) is 20.9 Å². The molecule has 0 rings (SSSR count). The lowest BCUT2D eigenvalue weighted by Gasteiger charge is -2.16. The van der Waals surface area contributed by atoms with Crippen molar-refractivity contribution in [1.82, 2.24) is 0 Å². The second kappa shape index (κ2) is 3.61. The molecule has 0 fully saturated rings. The Morgan fingerprint density at radius 2 is 2.20 bits per heavy atom. The van der Waals surface area contributed by atoms with Gasteiger partial charge in [0.1, 0.15) is 6.61 Å². The molecule has 0 aromatic heterocycles. The second-order valence-corrected chi connectivity index (χ2v) is 3.81. The topological polar surface area (TPSA) is 83.6 Å². The third kappa shape index (κ3) is 1.88. The molecule has 0 aliphatic carbocycles. The van der Waals surface area contributed by atoms with Gasteiger partial charge in [0.05, 0.1) is 0 Å². The minimum absolute atomic E-state index is 0.785. The molecule has 0 amide bonds. The minimum Gasteiger partial charge on any atom is -0.388 e. The van der Waals surface area contributed by atoms with Crippen molar-refractivity contribution in [2.45, 2.75) is 9.46 Å². The molecule has 2 N–H and O–H groups in total. The normalized spacial score (nSPS) is 19.6. The fourth-order valence-corrected chi connectivity index (χ4v) is 0.532. The Hall–Kier alpha value is 0.280. The molecule has 0 aliphatic heterocycles. The molecule has 2 unspecified atom stereocenters. The highest BCUT2D eigenvalue weighted by atomic mass is 79.9. The lowest BCUT2D eigenvalue weighted by Crippen LogP contribution is -2.43. The van der Waals surface area contributed by atoms with Crippen LogP contribution in [0.4, 0.5) is 0 Å². The van der Waals surface area contributed by atoms with E-state index in [1.807, 2.05) is 0 Å². The third-order valence-corrected chi connectivity index (χ3v) is 3.24. The van der Waals surface area contributed by atoms with Crippen molar-refractivity contribution in [1.29, 1.82) is 0 Å². The van der Waals surface area contributed by atoms with Crippen LogP contribution in [0.1, 0.15) is 0 Å². The molecule has 0 heterocycles. The molecule has 0 saturated carbocycles. The number of hydrogen-bond acceptors (Lipinski definition) is 4. The Kier molecular flexibility index (Phi) is 3.71. The number of rotatable bonds is 3. The first kappa shape index (κ1) is 10.3. The van der Waals surface area contributed by atoms with Crippen molar-refractivity contribution >= 4 is 31.9 Å². The maximum absolute atomic E-state index is 10.1. The first-order valence-corrected chi connectivity index (χ1v) is 3.92. The quantitative estimate of drug-likeness (QED) is 0.331. The van der Waals surface area contributed by atoms with Crippen LogP contribution in [0, 0.1) is 10.1 Å². The number of aliphatic hydroxyl groups excluding tert-OH is 2. The molecule has 0 aromatic carbocycles. The molecule has 0 spiro atoms. The average molecular weight is 279 g/mol. The van der Waals surface area contributed by atoms with Gasteiger partial charge in [0.2, 0.25) is 0 Å². The van der Waals surface area contributed by atoms with Crippen molar-refractivity contribution in [3.63, 3.8) is 0 Å². The number of nitro groups is 1. The highest BCUT2D eigenvalue weighted by molar-refractivity contribution is 9.12. The summed E-state index contributed by atoms with van der Waals surface area (Å²) in [4.78, 5) is 9.29. The molecule has 60 valence electrons. The second-order valence-electron chi connectivity index (χ2n) is 1.57. The first-order chi connectivity index (χ1) is 4.45. The molecule has 5 nitrogen and oxygen atoms in total. The zero-order chi connectivity index (χ0) is 8.36. The fourth-order valence-electron chi connectivity index (χ4n) is 0.220. The Morgan fingerprint density at radius 3 is 2.20 bits per heavy atom. The molecule has 0 radical (unpaired) electrons. The van der Waals surface area contributed by atoms with E-state index in [4.69, 9.17) is 10.2 Å². The van der Waals surface area contributed by atoms with Gasteiger partial charge in [-0.3, -0.25) is 10.1 Å². The zero-order valence-electron chi connectivity index (χ0n) is 4.70. The molecule has 0 aromatic rings. The highest BCUT2D eigenvalue weighted by Crippen LogP contribution is 2.26. The van der Waals surface area contributed by atoms with Crippen LogP contribution in [-0.2, 0) is 0 Å². The average Bonchev–Trinajstić information content (AvgIpc) is 1.85. The molecule has 2 atom stereocenters. The van der Waals surface area contributed by atoms with E-state index in [1.54, 1.807) is 0 Å². The summed E-state index contributed by atoms with van der Waals surface area (Å²) in [7, 11) is 0. The monoisotopic (exact) mass is 277 g/mol. The van der Waals surface area contributed by atoms with Crippen LogP contribution in [0.2, 0.25) is 0 Å². The Morgan fingerprint density at radius 1 is 1.80 bits per heavy atom. The van der Waals surface area contributed by atoms with E-state index in [0.29, 0.717) is 0 Å². The fraction of sp³-hybridized carbons (Fsp3) is 1.00. The van der Waals surface area contributed by atoms with Gasteiger partial charge in [-0.25, -0.2) is 0 Å². The van der Waals surface area contributed by atoms with Crippen LogP contribution in [0.25, 0.3) is 0 Å². The summed E-state index contributed by atoms with van der Waals surface area (Å²) in [6.07, 6.45) is 0. The van der Waals surface area contributed by atoms with Crippen LogP contribution in [0.15, 0.2) is 0 Å². The molecule has 7 heteroatoms.